The van der Waals surface area contributed by atoms with Gasteiger partial charge in [-0.1, -0.05) is 54.6 Å². The summed E-state index contributed by atoms with van der Waals surface area (Å²) in [5.74, 6) is 0.635. The number of benzene rings is 2. The van der Waals surface area contributed by atoms with Gasteiger partial charge in [-0.3, -0.25) is 4.79 Å². The Hall–Kier alpha value is -2.95. The van der Waals surface area contributed by atoms with Gasteiger partial charge in [-0.25, -0.2) is 9.67 Å². The molecule has 5 heteroatoms. The van der Waals surface area contributed by atoms with E-state index in [1.54, 1.807) is 11.0 Å². The molecule has 1 aliphatic carbocycles. The van der Waals surface area contributed by atoms with Gasteiger partial charge in [0, 0.05) is 12.5 Å². The highest BCUT2D eigenvalue weighted by Crippen LogP contribution is 2.47. The molecule has 1 aliphatic rings. The highest BCUT2D eigenvalue weighted by molar-refractivity contribution is 5.82. The van der Waals surface area contributed by atoms with E-state index in [0.29, 0.717) is 19.0 Å². The van der Waals surface area contributed by atoms with Crippen molar-refractivity contribution in [2.45, 2.75) is 25.4 Å². The van der Waals surface area contributed by atoms with Crippen LogP contribution in [0.25, 0.3) is 0 Å². The summed E-state index contributed by atoms with van der Waals surface area (Å²) in [7, 11) is 0. The third-order valence-electron chi connectivity index (χ3n) is 4.62. The molecule has 1 amide bonds. The van der Waals surface area contributed by atoms with E-state index in [1.807, 2.05) is 30.3 Å². The Morgan fingerprint density at radius 1 is 1.12 bits per heavy atom. The molecular formula is C20H20N4O. The van der Waals surface area contributed by atoms with Crippen molar-refractivity contribution < 1.29 is 4.79 Å². The Labute approximate surface area is 146 Å². The summed E-state index contributed by atoms with van der Waals surface area (Å²) in [6.45, 7) is 1.24. The molecule has 3 aromatic rings. The first-order valence-electron chi connectivity index (χ1n) is 8.52. The van der Waals surface area contributed by atoms with Crippen LogP contribution in [0, 0.1) is 5.92 Å². The highest BCUT2D eigenvalue weighted by Gasteiger charge is 2.43. The molecule has 0 bridgehead atoms. The minimum Gasteiger partial charge on any atom is -0.352 e. The number of rotatable bonds is 6. The van der Waals surface area contributed by atoms with Crippen molar-refractivity contribution >= 4 is 5.91 Å². The fraction of sp³-hybridized carbons (Fsp3) is 0.250. The van der Waals surface area contributed by atoms with Crippen LogP contribution < -0.4 is 5.32 Å². The van der Waals surface area contributed by atoms with Crippen molar-refractivity contribution in [1.29, 1.82) is 0 Å². The van der Waals surface area contributed by atoms with Crippen molar-refractivity contribution in [3.63, 3.8) is 0 Å². The van der Waals surface area contributed by atoms with Gasteiger partial charge >= 0.3 is 0 Å². The maximum atomic E-state index is 12.4. The Kier molecular flexibility index (Phi) is 4.29. The van der Waals surface area contributed by atoms with Gasteiger partial charge in [0.25, 0.3) is 0 Å². The molecule has 0 spiro atoms. The van der Waals surface area contributed by atoms with Gasteiger partial charge in [-0.2, -0.15) is 5.10 Å². The van der Waals surface area contributed by atoms with E-state index in [1.165, 1.54) is 11.9 Å². The van der Waals surface area contributed by atoms with Crippen LogP contribution in [0.5, 0.6) is 0 Å². The largest absolute Gasteiger partial charge is 0.352 e. The first-order chi connectivity index (χ1) is 12.3. The van der Waals surface area contributed by atoms with Crippen molar-refractivity contribution in [3.8, 4) is 0 Å². The van der Waals surface area contributed by atoms with E-state index in [9.17, 15) is 4.79 Å². The molecule has 4 rings (SSSR count). The van der Waals surface area contributed by atoms with E-state index in [4.69, 9.17) is 0 Å². The van der Waals surface area contributed by atoms with Crippen LogP contribution in [-0.4, -0.2) is 20.7 Å². The lowest BCUT2D eigenvalue weighted by molar-refractivity contribution is -0.122. The number of aromatic nitrogens is 3. The number of carbonyl (C=O) groups is 1. The standard InChI is InChI=1S/C20H20N4O/c25-20(19-10-18(19)17-7-2-1-3-8-17)22-11-15-5-4-6-16(9-15)12-24-14-21-13-23-24/h1-9,13-14,18-19H,10-12H2,(H,22,25)/t18-,19+/m0/s1. The lowest BCUT2D eigenvalue weighted by Gasteiger charge is -2.08. The van der Waals surface area contributed by atoms with Crippen LogP contribution in [0.1, 0.15) is 29.0 Å². The zero-order chi connectivity index (χ0) is 17.1. The molecule has 1 heterocycles. The second kappa shape index (κ2) is 6.89. The Balaban J connectivity index is 1.32. The predicted molar refractivity (Wildman–Crippen MR) is 94.7 cm³/mol. The van der Waals surface area contributed by atoms with Crippen LogP contribution in [0.3, 0.4) is 0 Å². The summed E-state index contributed by atoms with van der Waals surface area (Å²) in [6, 6.07) is 18.5. The van der Waals surface area contributed by atoms with Crippen molar-refractivity contribution in [1.82, 2.24) is 20.1 Å². The molecule has 1 fully saturated rings. The van der Waals surface area contributed by atoms with Crippen LogP contribution in [-0.2, 0) is 17.9 Å². The van der Waals surface area contributed by atoms with Gasteiger partial charge < -0.3 is 5.32 Å². The molecule has 0 saturated heterocycles. The third-order valence-corrected chi connectivity index (χ3v) is 4.62. The smallest absolute Gasteiger partial charge is 0.224 e. The van der Waals surface area contributed by atoms with E-state index in [-0.39, 0.29) is 11.8 Å². The number of carbonyl (C=O) groups excluding carboxylic acids is 1. The van der Waals surface area contributed by atoms with E-state index in [0.717, 1.165) is 17.5 Å². The normalized spacial score (nSPS) is 18.7. The van der Waals surface area contributed by atoms with E-state index >= 15 is 0 Å². The maximum absolute atomic E-state index is 12.4. The zero-order valence-electron chi connectivity index (χ0n) is 13.9. The molecule has 1 N–H and O–H groups in total. The quantitative estimate of drug-likeness (QED) is 0.755. The molecule has 0 unspecified atom stereocenters. The van der Waals surface area contributed by atoms with Crippen molar-refractivity contribution in [3.05, 3.63) is 83.9 Å². The van der Waals surface area contributed by atoms with Crippen molar-refractivity contribution in [2.24, 2.45) is 5.92 Å². The van der Waals surface area contributed by atoms with Gasteiger partial charge in [-0.15, -0.1) is 0 Å². The topological polar surface area (TPSA) is 59.8 Å². The fourth-order valence-corrected chi connectivity index (χ4v) is 3.21. The first-order valence-corrected chi connectivity index (χ1v) is 8.52. The average molecular weight is 332 g/mol. The zero-order valence-corrected chi connectivity index (χ0v) is 13.9. The molecule has 2 aromatic carbocycles. The molecule has 5 nitrogen and oxygen atoms in total. The summed E-state index contributed by atoms with van der Waals surface area (Å²) in [5, 5.41) is 7.19. The fourth-order valence-electron chi connectivity index (χ4n) is 3.21. The summed E-state index contributed by atoms with van der Waals surface area (Å²) >= 11 is 0. The second-order valence-electron chi connectivity index (χ2n) is 6.49. The molecule has 126 valence electrons. The molecule has 2 atom stereocenters. The van der Waals surface area contributed by atoms with E-state index < -0.39 is 0 Å². The van der Waals surface area contributed by atoms with Gasteiger partial charge in [0.2, 0.25) is 5.91 Å². The number of nitrogens with one attached hydrogen (secondary N) is 1. The first kappa shape index (κ1) is 15.6. The summed E-state index contributed by atoms with van der Waals surface area (Å²) in [5.41, 5.74) is 3.51. The third kappa shape index (κ3) is 3.76. The van der Waals surface area contributed by atoms with Gasteiger partial charge in [0.15, 0.2) is 0 Å². The SMILES string of the molecule is O=C(NCc1cccc(Cn2cncn2)c1)[C@@H]1C[C@H]1c1ccccc1. The summed E-state index contributed by atoms with van der Waals surface area (Å²) in [4.78, 5) is 16.3. The molecule has 1 aromatic heterocycles. The van der Waals surface area contributed by atoms with Crippen LogP contribution in [0.15, 0.2) is 67.3 Å². The average Bonchev–Trinajstić information content (AvgIpc) is 3.30. The minimum absolute atomic E-state index is 0.112. The lowest BCUT2D eigenvalue weighted by Crippen LogP contribution is -2.24. The number of amides is 1. The second-order valence-corrected chi connectivity index (χ2v) is 6.49. The molecule has 1 saturated carbocycles. The molecule has 0 radical (unpaired) electrons. The number of hydrogen-bond acceptors (Lipinski definition) is 3. The minimum atomic E-state index is 0.112. The Morgan fingerprint density at radius 2 is 1.96 bits per heavy atom. The number of nitrogens with zero attached hydrogens (tertiary/aromatic N) is 3. The monoisotopic (exact) mass is 332 g/mol. The van der Waals surface area contributed by atoms with E-state index in [2.05, 4.69) is 39.7 Å². The molecule has 0 aliphatic heterocycles. The van der Waals surface area contributed by atoms with Crippen molar-refractivity contribution in [2.75, 3.05) is 0 Å². The highest BCUT2D eigenvalue weighted by atomic mass is 16.2. The van der Waals surface area contributed by atoms with Gasteiger partial charge in [0.1, 0.15) is 12.7 Å². The Morgan fingerprint density at radius 3 is 2.76 bits per heavy atom. The van der Waals surface area contributed by atoms with Crippen LogP contribution in [0.2, 0.25) is 0 Å². The summed E-state index contributed by atoms with van der Waals surface area (Å²) in [6.07, 6.45) is 4.18. The van der Waals surface area contributed by atoms with Gasteiger partial charge in [0.05, 0.1) is 6.54 Å². The number of hydrogen-bond donors (Lipinski definition) is 1. The maximum Gasteiger partial charge on any atom is 0.224 e. The Bertz CT molecular complexity index is 845. The molecular weight excluding hydrogens is 312 g/mol. The summed E-state index contributed by atoms with van der Waals surface area (Å²) < 4.78 is 1.78. The van der Waals surface area contributed by atoms with Crippen LogP contribution >= 0.6 is 0 Å². The molecule has 25 heavy (non-hydrogen) atoms. The lowest BCUT2D eigenvalue weighted by atomic mass is 10.1. The predicted octanol–water partition coefficient (Wildman–Crippen LogP) is 2.75. The van der Waals surface area contributed by atoms with Gasteiger partial charge in [-0.05, 0) is 29.0 Å². The van der Waals surface area contributed by atoms with Crippen LogP contribution in [0.4, 0.5) is 0 Å².